The Morgan fingerprint density at radius 1 is 0.750 bits per heavy atom. The summed E-state index contributed by atoms with van der Waals surface area (Å²) in [5, 5.41) is 5.83. The molecule has 0 radical (unpaired) electrons. The van der Waals surface area contributed by atoms with Crippen molar-refractivity contribution in [3.8, 4) is 0 Å². The molecule has 2 aliphatic heterocycles. The maximum atomic E-state index is 13.7. The Morgan fingerprint density at radius 3 is 2.19 bits per heavy atom. The molecule has 0 unspecified atom stereocenters. The average molecular weight is 483 g/mol. The molecule has 2 aliphatic rings. The summed E-state index contributed by atoms with van der Waals surface area (Å²) in [7, 11) is 0. The van der Waals surface area contributed by atoms with Crippen LogP contribution in [0.25, 0.3) is 0 Å². The fourth-order valence-corrected chi connectivity index (χ4v) is 5.14. The van der Waals surface area contributed by atoms with Crippen LogP contribution >= 0.6 is 0 Å². The maximum Gasteiger partial charge on any atom is 0.323 e. The van der Waals surface area contributed by atoms with E-state index in [0.29, 0.717) is 11.3 Å². The van der Waals surface area contributed by atoms with Crippen LogP contribution in [-0.4, -0.2) is 36.5 Å². The van der Waals surface area contributed by atoms with Crippen molar-refractivity contribution in [3.63, 3.8) is 0 Å². The number of likely N-dealkylation sites (tertiary alicyclic amines) is 1. The van der Waals surface area contributed by atoms with Gasteiger partial charge in [0.05, 0.1) is 5.56 Å². The smallest absolute Gasteiger partial charge is 0.323 e. The van der Waals surface area contributed by atoms with E-state index in [2.05, 4.69) is 39.8 Å². The van der Waals surface area contributed by atoms with Gasteiger partial charge in [-0.1, -0.05) is 30.3 Å². The Hall–Kier alpha value is -3.80. The van der Waals surface area contributed by atoms with E-state index < -0.39 is 0 Å². The third-order valence-corrected chi connectivity index (χ3v) is 7.36. The van der Waals surface area contributed by atoms with Crippen molar-refractivity contribution in [1.29, 1.82) is 0 Å². The van der Waals surface area contributed by atoms with Crippen molar-refractivity contribution in [2.24, 2.45) is 0 Å². The van der Waals surface area contributed by atoms with Crippen molar-refractivity contribution in [2.45, 2.75) is 46.1 Å². The van der Waals surface area contributed by atoms with Gasteiger partial charge in [-0.25, -0.2) is 4.79 Å². The second-order valence-electron chi connectivity index (χ2n) is 9.90. The van der Waals surface area contributed by atoms with E-state index in [1.165, 1.54) is 23.1 Å². The summed E-state index contributed by atoms with van der Waals surface area (Å²) in [5.74, 6) is 0.0433. The molecule has 0 aromatic heterocycles. The number of urea groups is 1. The first-order valence-electron chi connectivity index (χ1n) is 12.9. The van der Waals surface area contributed by atoms with Gasteiger partial charge in [0, 0.05) is 43.2 Å². The maximum absolute atomic E-state index is 13.7. The number of hydrogen-bond acceptors (Lipinski definition) is 3. The molecular weight excluding hydrogens is 448 g/mol. The van der Waals surface area contributed by atoms with Gasteiger partial charge in [-0.05, 0) is 92.1 Å². The number of aryl methyl sites for hydroxylation is 2. The molecule has 3 aromatic rings. The van der Waals surface area contributed by atoms with Crippen molar-refractivity contribution in [3.05, 3.63) is 88.5 Å². The monoisotopic (exact) mass is 482 g/mol. The summed E-state index contributed by atoms with van der Waals surface area (Å²) < 4.78 is 0. The van der Waals surface area contributed by atoms with Crippen LogP contribution in [0.15, 0.2) is 60.7 Å². The lowest BCUT2D eigenvalue weighted by Crippen LogP contribution is -2.38. The van der Waals surface area contributed by atoms with Crippen LogP contribution in [0, 0.1) is 13.8 Å². The molecule has 0 saturated carbocycles. The van der Waals surface area contributed by atoms with E-state index in [9.17, 15) is 9.59 Å². The lowest BCUT2D eigenvalue weighted by atomic mass is 9.98. The van der Waals surface area contributed by atoms with Crippen molar-refractivity contribution in [2.75, 3.05) is 35.2 Å². The minimum absolute atomic E-state index is 0.0433. The first kappa shape index (κ1) is 23.9. The molecule has 2 N–H and O–H groups in total. The molecule has 2 heterocycles. The second kappa shape index (κ2) is 10.4. The van der Waals surface area contributed by atoms with E-state index in [4.69, 9.17) is 0 Å². The molecule has 5 rings (SSSR count). The number of hydrogen-bond donors (Lipinski definition) is 2. The number of anilines is 3. The molecule has 6 nitrogen and oxygen atoms in total. The largest absolute Gasteiger partial charge is 0.366 e. The summed E-state index contributed by atoms with van der Waals surface area (Å²) in [6, 6.07) is 19.7. The topological polar surface area (TPSA) is 64.7 Å². The van der Waals surface area contributed by atoms with E-state index in [0.717, 1.165) is 62.4 Å². The molecular formula is C30H34N4O2. The van der Waals surface area contributed by atoms with Gasteiger partial charge in [-0.15, -0.1) is 0 Å². The van der Waals surface area contributed by atoms with Gasteiger partial charge in [-0.3, -0.25) is 4.79 Å². The van der Waals surface area contributed by atoms with Crippen molar-refractivity contribution < 1.29 is 9.59 Å². The van der Waals surface area contributed by atoms with E-state index in [1.54, 1.807) is 0 Å². The highest BCUT2D eigenvalue weighted by Gasteiger charge is 2.25. The molecule has 36 heavy (non-hydrogen) atoms. The third kappa shape index (κ3) is 5.23. The zero-order valence-corrected chi connectivity index (χ0v) is 21.1. The SMILES string of the molecule is Cc1ccc(NC(=O)Nc2ccc(N3CCc4ccccc4C3)c(C(=O)N3CCCCC3)c2)cc1C. The minimum Gasteiger partial charge on any atom is -0.366 e. The van der Waals surface area contributed by atoms with Gasteiger partial charge in [0.2, 0.25) is 0 Å². The lowest BCUT2D eigenvalue weighted by molar-refractivity contribution is 0.0725. The number of nitrogens with one attached hydrogen (secondary N) is 2. The Bertz CT molecular complexity index is 1280. The Morgan fingerprint density at radius 2 is 1.44 bits per heavy atom. The average Bonchev–Trinajstić information content (AvgIpc) is 2.90. The van der Waals surface area contributed by atoms with Crippen molar-refractivity contribution in [1.82, 2.24) is 4.90 Å². The molecule has 1 saturated heterocycles. The van der Waals surface area contributed by atoms with Crippen LogP contribution in [0.1, 0.15) is 51.9 Å². The fraction of sp³-hybridized carbons (Fsp3) is 0.333. The first-order chi connectivity index (χ1) is 17.5. The zero-order valence-electron chi connectivity index (χ0n) is 21.1. The highest BCUT2D eigenvalue weighted by Crippen LogP contribution is 2.31. The molecule has 6 heteroatoms. The quantitative estimate of drug-likeness (QED) is 0.470. The summed E-state index contributed by atoms with van der Waals surface area (Å²) >= 11 is 0. The fourth-order valence-electron chi connectivity index (χ4n) is 5.14. The van der Waals surface area contributed by atoms with Crippen LogP contribution in [0.3, 0.4) is 0 Å². The molecule has 3 aromatic carbocycles. The van der Waals surface area contributed by atoms with Crippen LogP contribution in [-0.2, 0) is 13.0 Å². The molecule has 1 fully saturated rings. The first-order valence-corrected chi connectivity index (χ1v) is 12.9. The number of amides is 3. The van der Waals surface area contributed by atoms with Crippen LogP contribution in [0.2, 0.25) is 0 Å². The number of nitrogens with zero attached hydrogens (tertiary/aromatic N) is 2. The molecule has 0 bridgehead atoms. The molecule has 0 atom stereocenters. The molecule has 3 amide bonds. The predicted molar refractivity (Wildman–Crippen MR) is 146 cm³/mol. The highest BCUT2D eigenvalue weighted by atomic mass is 16.2. The normalized spacial score (nSPS) is 15.3. The highest BCUT2D eigenvalue weighted by molar-refractivity contribution is 6.04. The van der Waals surface area contributed by atoms with Crippen LogP contribution < -0.4 is 15.5 Å². The van der Waals surface area contributed by atoms with Gasteiger partial charge in [0.25, 0.3) is 5.91 Å². The number of piperidine rings is 1. The number of carbonyl (C=O) groups is 2. The molecule has 0 spiro atoms. The van der Waals surface area contributed by atoms with E-state index >= 15 is 0 Å². The summed E-state index contributed by atoms with van der Waals surface area (Å²) in [4.78, 5) is 30.7. The van der Waals surface area contributed by atoms with Crippen LogP contribution in [0.5, 0.6) is 0 Å². The number of rotatable bonds is 4. The van der Waals surface area contributed by atoms with Crippen LogP contribution in [0.4, 0.5) is 21.9 Å². The van der Waals surface area contributed by atoms with E-state index in [-0.39, 0.29) is 11.9 Å². The summed E-state index contributed by atoms with van der Waals surface area (Å²) in [6.07, 6.45) is 4.19. The predicted octanol–water partition coefficient (Wildman–Crippen LogP) is 6.14. The summed E-state index contributed by atoms with van der Waals surface area (Å²) in [5.41, 5.74) is 7.91. The molecule has 186 valence electrons. The van der Waals surface area contributed by atoms with Gasteiger partial charge in [0.15, 0.2) is 0 Å². The van der Waals surface area contributed by atoms with Gasteiger partial charge >= 0.3 is 6.03 Å². The second-order valence-corrected chi connectivity index (χ2v) is 9.90. The minimum atomic E-state index is -0.325. The van der Waals surface area contributed by atoms with Gasteiger partial charge in [-0.2, -0.15) is 0 Å². The Labute approximate surface area is 213 Å². The van der Waals surface area contributed by atoms with Gasteiger partial charge < -0.3 is 20.4 Å². The lowest BCUT2D eigenvalue weighted by Gasteiger charge is -2.34. The Balaban J connectivity index is 1.40. The number of benzene rings is 3. The number of fused-ring (bicyclic) bond motifs is 1. The van der Waals surface area contributed by atoms with Crippen molar-refractivity contribution >= 4 is 29.0 Å². The third-order valence-electron chi connectivity index (χ3n) is 7.36. The van der Waals surface area contributed by atoms with Gasteiger partial charge in [0.1, 0.15) is 0 Å². The zero-order chi connectivity index (χ0) is 25.1. The Kier molecular flexibility index (Phi) is 6.94. The summed E-state index contributed by atoms with van der Waals surface area (Å²) in [6.45, 7) is 7.27. The standard InChI is InChI=1S/C30H34N4O2/c1-21-10-11-25(18-22(21)2)31-30(36)32-26-12-13-28(27(19-26)29(35)33-15-6-3-7-16-33)34-17-14-23-8-4-5-9-24(23)20-34/h4-5,8-13,18-19H,3,6-7,14-17,20H2,1-2H3,(H2,31,32,36). The van der Waals surface area contributed by atoms with E-state index in [1.807, 2.05) is 55.1 Å². The number of carbonyl (C=O) groups excluding carboxylic acids is 2. The molecule has 0 aliphatic carbocycles.